The van der Waals surface area contributed by atoms with Crippen LogP contribution in [-0.4, -0.2) is 44.3 Å². The first kappa shape index (κ1) is 31.2. The van der Waals surface area contributed by atoms with Crippen LogP contribution in [0.5, 0.6) is 0 Å². The Hall–Kier alpha value is -3.77. The van der Waals surface area contributed by atoms with Crippen LogP contribution in [0.25, 0.3) is 0 Å². The third-order valence-corrected chi connectivity index (χ3v) is 9.12. The number of anilines is 1. The molecule has 0 saturated carbocycles. The van der Waals surface area contributed by atoms with Gasteiger partial charge in [0.2, 0.25) is 11.8 Å². The number of carbonyl (C=O) groups excluding carboxylic acids is 2. The SMILES string of the molecule is CCNC(=O)[C@@H](Cc1ccccc1)N(Cc1ccc(F)cc1)C(=O)CN(c1ccc(I)cc1)S(=O)(=O)c1ccccc1. The second-order valence-electron chi connectivity index (χ2n) is 9.55. The highest BCUT2D eigenvalue weighted by Crippen LogP contribution is 2.26. The van der Waals surface area contributed by atoms with Crippen LogP contribution in [0.4, 0.5) is 10.1 Å². The molecule has 2 amide bonds. The van der Waals surface area contributed by atoms with E-state index in [0.717, 1.165) is 13.4 Å². The van der Waals surface area contributed by atoms with E-state index in [4.69, 9.17) is 0 Å². The first-order valence-electron chi connectivity index (χ1n) is 13.4. The van der Waals surface area contributed by atoms with Crippen molar-refractivity contribution in [3.05, 3.63) is 130 Å². The zero-order valence-corrected chi connectivity index (χ0v) is 26.0. The molecule has 0 aliphatic rings. The van der Waals surface area contributed by atoms with Gasteiger partial charge in [-0.2, -0.15) is 0 Å². The largest absolute Gasteiger partial charge is 0.355 e. The lowest BCUT2D eigenvalue weighted by Crippen LogP contribution is -2.53. The molecule has 0 aliphatic heterocycles. The summed E-state index contributed by atoms with van der Waals surface area (Å²) in [4.78, 5) is 29.1. The number of carbonyl (C=O) groups is 2. The number of rotatable bonds is 12. The predicted octanol–water partition coefficient (Wildman–Crippen LogP) is 5.40. The maximum atomic E-state index is 14.2. The van der Waals surface area contributed by atoms with E-state index >= 15 is 0 Å². The summed E-state index contributed by atoms with van der Waals surface area (Å²) in [7, 11) is -4.16. The summed E-state index contributed by atoms with van der Waals surface area (Å²) < 4.78 is 43.5. The van der Waals surface area contributed by atoms with Crippen LogP contribution in [-0.2, 0) is 32.6 Å². The lowest BCUT2D eigenvalue weighted by Gasteiger charge is -2.33. The van der Waals surface area contributed by atoms with E-state index in [1.807, 2.05) is 30.3 Å². The van der Waals surface area contributed by atoms with E-state index in [9.17, 15) is 22.4 Å². The zero-order valence-electron chi connectivity index (χ0n) is 23.0. The predicted molar refractivity (Wildman–Crippen MR) is 170 cm³/mol. The quantitative estimate of drug-likeness (QED) is 0.201. The summed E-state index contributed by atoms with van der Waals surface area (Å²) in [5.41, 5.74) is 1.74. The third kappa shape index (κ3) is 7.95. The Morgan fingerprint density at radius 2 is 1.43 bits per heavy atom. The normalized spacial score (nSPS) is 11.9. The van der Waals surface area contributed by atoms with Crippen molar-refractivity contribution in [3.8, 4) is 0 Å². The molecule has 0 saturated heterocycles. The van der Waals surface area contributed by atoms with Crippen molar-refractivity contribution in [2.45, 2.75) is 30.8 Å². The first-order chi connectivity index (χ1) is 20.2. The minimum absolute atomic E-state index is 0.0281. The Labute approximate surface area is 259 Å². The average Bonchev–Trinajstić information content (AvgIpc) is 3.00. The number of hydrogen-bond donors (Lipinski definition) is 1. The number of nitrogens with one attached hydrogen (secondary N) is 1. The Bertz CT molecular complexity index is 1590. The van der Waals surface area contributed by atoms with Gasteiger partial charge in [0.1, 0.15) is 18.4 Å². The summed E-state index contributed by atoms with van der Waals surface area (Å²) in [5.74, 6) is -1.38. The van der Waals surface area contributed by atoms with E-state index in [-0.39, 0.29) is 23.8 Å². The van der Waals surface area contributed by atoms with Crippen molar-refractivity contribution < 1.29 is 22.4 Å². The lowest BCUT2D eigenvalue weighted by atomic mass is 10.0. The molecule has 0 spiro atoms. The second kappa shape index (κ2) is 14.4. The minimum Gasteiger partial charge on any atom is -0.355 e. The van der Waals surface area contributed by atoms with E-state index in [2.05, 4.69) is 27.9 Å². The average molecular weight is 700 g/mol. The number of likely N-dealkylation sites (N-methyl/N-ethyl adjacent to an activating group) is 1. The summed E-state index contributed by atoms with van der Waals surface area (Å²) in [6, 6.07) is 28.7. The third-order valence-electron chi connectivity index (χ3n) is 6.61. The van der Waals surface area contributed by atoms with Crippen molar-refractivity contribution in [2.75, 3.05) is 17.4 Å². The van der Waals surface area contributed by atoms with Crippen molar-refractivity contribution >= 4 is 50.1 Å². The van der Waals surface area contributed by atoms with Gasteiger partial charge in [-0.05, 0) is 89.2 Å². The Balaban J connectivity index is 1.78. The molecule has 0 aromatic heterocycles. The fourth-order valence-electron chi connectivity index (χ4n) is 4.49. The van der Waals surface area contributed by atoms with Gasteiger partial charge in [-0.1, -0.05) is 60.7 Å². The molecule has 4 aromatic carbocycles. The molecule has 0 heterocycles. The molecule has 7 nitrogen and oxygen atoms in total. The molecular formula is C32H31FIN3O4S. The molecular weight excluding hydrogens is 668 g/mol. The van der Waals surface area contributed by atoms with E-state index in [1.165, 1.54) is 29.2 Å². The molecule has 42 heavy (non-hydrogen) atoms. The van der Waals surface area contributed by atoms with Crippen molar-refractivity contribution in [2.24, 2.45) is 0 Å². The summed E-state index contributed by atoms with van der Waals surface area (Å²) in [6.07, 6.45) is 0.203. The second-order valence-corrected chi connectivity index (χ2v) is 12.7. The van der Waals surface area contributed by atoms with Crippen molar-refractivity contribution in [3.63, 3.8) is 0 Å². The van der Waals surface area contributed by atoms with E-state index in [1.54, 1.807) is 61.5 Å². The standard InChI is InChI=1S/C32H31FIN3O4S/c1-2-35-32(39)30(21-24-9-5-3-6-10-24)36(22-25-13-15-26(33)16-14-25)31(38)23-37(28-19-17-27(34)18-20-28)42(40,41)29-11-7-4-8-12-29/h3-20,30H,2,21-23H2,1H3,(H,35,39)/t30-/m1/s1. The highest BCUT2D eigenvalue weighted by molar-refractivity contribution is 14.1. The van der Waals surface area contributed by atoms with Gasteiger partial charge in [0.05, 0.1) is 10.6 Å². The molecule has 1 N–H and O–H groups in total. The number of halogens is 2. The molecule has 0 radical (unpaired) electrons. The number of amides is 2. The summed E-state index contributed by atoms with van der Waals surface area (Å²) in [5, 5.41) is 2.82. The molecule has 218 valence electrons. The van der Waals surface area contributed by atoms with Crippen LogP contribution in [0.1, 0.15) is 18.1 Å². The Morgan fingerprint density at radius 3 is 2.02 bits per heavy atom. The zero-order chi connectivity index (χ0) is 30.1. The molecule has 0 aliphatic carbocycles. The van der Waals surface area contributed by atoms with Gasteiger partial charge in [0, 0.05) is 23.1 Å². The minimum atomic E-state index is -4.16. The molecule has 4 aromatic rings. The van der Waals surface area contributed by atoms with Crippen molar-refractivity contribution in [1.29, 1.82) is 0 Å². The van der Waals surface area contributed by atoms with Crippen molar-refractivity contribution in [1.82, 2.24) is 10.2 Å². The van der Waals surface area contributed by atoms with Gasteiger partial charge in [-0.15, -0.1) is 0 Å². The van der Waals surface area contributed by atoms with Gasteiger partial charge < -0.3 is 10.2 Å². The summed E-state index contributed by atoms with van der Waals surface area (Å²) in [6.45, 7) is 1.55. The molecule has 1 atom stereocenters. The maximum absolute atomic E-state index is 14.2. The first-order valence-corrected chi connectivity index (χ1v) is 15.9. The number of hydrogen-bond acceptors (Lipinski definition) is 4. The Morgan fingerprint density at radius 1 is 0.833 bits per heavy atom. The monoisotopic (exact) mass is 699 g/mol. The number of nitrogens with zero attached hydrogens (tertiary/aromatic N) is 2. The van der Waals surface area contributed by atoms with Crippen LogP contribution in [0.2, 0.25) is 0 Å². The fourth-order valence-corrected chi connectivity index (χ4v) is 6.28. The van der Waals surface area contributed by atoms with E-state index < -0.39 is 34.3 Å². The smallest absolute Gasteiger partial charge is 0.264 e. The van der Waals surface area contributed by atoms with Crippen LogP contribution in [0, 0.1) is 9.39 Å². The number of benzene rings is 4. The lowest BCUT2D eigenvalue weighted by molar-refractivity contribution is -0.140. The topological polar surface area (TPSA) is 86.8 Å². The Kier molecular flexibility index (Phi) is 10.7. The van der Waals surface area contributed by atoms with Crippen LogP contribution < -0.4 is 9.62 Å². The van der Waals surface area contributed by atoms with Gasteiger partial charge in [0.25, 0.3) is 10.0 Å². The highest BCUT2D eigenvalue weighted by atomic mass is 127. The van der Waals surface area contributed by atoms with Gasteiger partial charge in [-0.3, -0.25) is 13.9 Å². The highest BCUT2D eigenvalue weighted by Gasteiger charge is 2.34. The molecule has 0 fully saturated rings. The van der Waals surface area contributed by atoms with Crippen LogP contribution >= 0.6 is 22.6 Å². The van der Waals surface area contributed by atoms with Crippen LogP contribution in [0.15, 0.2) is 114 Å². The summed E-state index contributed by atoms with van der Waals surface area (Å²) >= 11 is 2.12. The maximum Gasteiger partial charge on any atom is 0.264 e. The van der Waals surface area contributed by atoms with Gasteiger partial charge in [0.15, 0.2) is 0 Å². The van der Waals surface area contributed by atoms with Crippen LogP contribution in [0.3, 0.4) is 0 Å². The molecule has 0 bridgehead atoms. The van der Waals surface area contributed by atoms with Gasteiger partial charge >= 0.3 is 0 Å². The molecule has 10 heteroatoms. The molecule has 4 rings (SSSR count). The number of sulfonamides is 1. The fraction of sp³-hybridized carbons (Fsp3) is 0.188. The van der Waals surface area contributed by atoms with E-state index in [0.29, 0.717) is 17.8 Å². The van der Waals surface area contributed by atoms with Gasteiger partial charge in [-0.25, -0.2) is 12.8 Å². The molecule has 0 unspecified atom stereocenters.